The van der Waals surface area contributed by atoms with Crippen LogP contribution in [0, 0.1) is 29.1 Å². The Labute approximate surface area is 161 Å². The number of hydrogen-bond acceptors (Lipinski definition) is 3. The van der Waals surface area contributed by atoms with Gasteiger partial charge in [0.25, 0.3) is 0 Å². The van der Waals surface area contributed by atoms with Gasteiger partial charge in [0.2, 0.25) is 0 Å². The molecule has 1 aromatic carbocycles. The normalized spacial score (nSPS) is 24.7. The van der Waals surface area contributed by atoms with E-state index < -0.39 is 6.04 Å². The Balaban J connectivity index is 1.73. The molecule has 142 valence electrons. The Bertz CT molecular complexity index is 763. The molecule has 5 nitrogen and oxygen atoms in total. The molecule has 1 aromatic rings. The smallest absolute Gasteiger partial charge is 0.319 e. The van der Waals surface area contributed by atoms with Gasteiger partial charge < -0.3 is 15.3 Å². The minimum atomic E-state index is -0.573. The van der Waals surface area contributed by atoms with Gasteiger partial charge in [-0.05, 0) is 44.4 Å². The van der Waals surface area contributed by atoms with Gasteiger partial charge in [-0.2, -0.15) is 5.26 Å². The van der Waals surface area contributed by atoms with E-state index >= 15 is 0 Å². The number of nitrogens with zero attached hydrogens (tertiary/aromatic N) is 2. The molecule has 3 rings (SSSR count). The average Bonchev–Trinajstić information content (AvgIpc) is 3.14. The Hall–Kier alpha value is -2.50. The number of aliphatic hydroxyl groups excluding tert-OH is 1. The molecule has 5 heteroatoms. The predicted molar refractivity (Wildman–Crippen MR) is 104 cm³/mol. The molecule has 0 bridgehead atoms. The van der Waals surface area contributed by atoms with Crippen molar-refractivity contribution in [1.29, 1.82) is 5.26 Å². The van der Waals surface area contributed by atoms with Crippen molar-refractivity contribution in [2.45, 2.75) is 63.6 Å². The maximum atomic E-state index is 12.4. The summed E-state index contributed by atoms with van der Waals surface area (Å²) in [5.74, 6) is 6.93. The Morgan fingerprint density at radius 3 is 2.52 bits per heavy atom. The molecular formula is C22H27N3O2. The van der Waals surface area contributed by atoms with Gasteiger partial charge >= 0.3 is 6.03 Å². The van der Waals surface area contributed by atoms with Crippen LogP contribution in [0.3, 0.4) is 0 Å². The largest absolute Gasteiger partial charge is 0.394 e. The van der Waals surface area contributed by atoms with E-state index in [1.807, 2.05) is 38.1 Å². The second-order valence-electron chi connectivity index (χ2n) is 7.73. The number of rotatable bonds is 3. The molecule has 2 amide bonds. The van der Waals surface area contributed by atoms with Crippen LogP contribution in [0.25, 0.3) is 0 Å². The van der Waals surface area contributed by atoms with E-state index in [0.717, 1.165) is 11.1 Å². The summed E-state index contributed by atoms with van der Waals surface area (Å²) in [5, 5.41) is 22.2. The molecular weight excluding hydrogens is 338 g/mol. The van der Waals surface area contributed by atoms with Gasteiger partial charge in [-0.1, -0.05) is 36.8 Å². The molecule has 1 saturated carbocycles. The summed E-state index contributed by atoms with van der Waals surface area (Å²) in [6, 6.07) is 8.81. The monoisotopic (exact) mass is 365 g/mol. The standard InChI is InChI=1S/C22H27N3O2/c1-15(2)24-22(27)25-19(13-23)21(20(25)14-26)18-11-9-17(10-12-18)8-7-16-5-3-4-6-16/h9-12,15-16,19-21,26H,3-6,14H2,1-2H3,(H,24,27)/t19-,20+,21+/m1/s1. The summed E-state index contributed by atoms with van der Waals surface area (Å²) in [4.78, 5) is 13.8. The van der Waals surface area contributed by atoms with Crippen LogP contribution in [-0.4, -0.2) is 40.8 Å². The van der Waals surface area contributed by atoms with E-state index in [4.69, 9.17) is 0 Å². The average molecular weight is 365 g/mol. The number of aliphatic hydroxyl groups is 1. The number of nitrogens with one attached hydrogen (secondary N) is 1. The molecule has 1 saturated heterocycles. The van der Waals surface area contributed by atoms with Crippen LogP contribution in [0.15, 0.2) is 24.3 Å². The van der Waals surface area contributed by atoms with Crippen LogP contribution in [0.4, 0.5) is 4.79 Å². The molecule has 2 aliphatic rings. The fraction of sp³-hybridized carbons (Fsp3) is 0.545. The van der Waals surface area contributed by atoms with Crippen LogP contribution < -0.4 is 5.32 Å². The van der Waals surface area contributed by atoms with Gasteiger partial charge in [-0.25, -0.2) is 4.79 Å². The van der Waals surface area contributed by atoms with Crippen molar-refractivity contribution in [2.75, 3.05) is 6.61 Å². The molecule has 1 aliphatic heterocycles. The minimum absolute atomic E-state index is 0.0204. The van der Waals surface area contributed by atoms with Gasteiger partial charge in [-0.3, -0.25) is 0 Å². The van der Waals surface area contributed by atoms with Gasteiger partial charge in [-0.15, -0.1) is 0 Å². The second-order valence-corrected chi connectivity index (χ2v) is 7.73. The van der Waals surface area contributed by atoms with E-state index in [9.17, 15) is 15.2 Å². The zero-order valence-electron chi connectivity index (χ0n) is 16.0. The summed E-state index contributed by atoms with van der Waals surface area (Å²) in [6.07, 6.45) is 4.95. The third kappa shape index (κ3) is 4.10. The fourth-order valence-corrected chi connectivity index (χ4v) is 4.05. The zero-order valence-corrected chi connectivity index (χ0v) is 16.0. The van der Waals surface area contributed by atoms with E-state index in [2.05, 4.69) is 23.2 Å². The summed E-state index contributed by atoms with van der Waals surface area (Å²) in [5.41, 5.74) is 1.93. The van der Waals surface area contributed by atoms with Crippen molar-refractivity contribution in [2.24, 2.45) is 5.92 Å². The number of urea groups is 1. The fourth-order valence-electron chi connectivity index (χ4n) is 4.05. The number of hydrogen-bond donors (Lipinski definition) is 2. The molecule has 0 spiro atoms. The SMILES string of the molecule is CC(C)NC(=O)N1[C@H](C#N)[C@H](c2ccc(C#CC3CCCC3)cc2)[C@@H]1CO. The lowest BCUT2D eigenvalue weighted by Gasteiger charge is -2.51. The Morgan fingerprint density at radius 2 is 1.96 bits per heavy atom. The molecule has 2 N–H and O–H groups in total. The lowest BCUT2D eigenvalue weighted by Crippen LogP contribution is -2.67. The van der Waals surface area contributed by atoms with Crippen LogP contribution in [-0.2, 0) is 0 Å². The highest BCUT2D eigenvalue weighted by Gasteiger charge is 2.51. The Morgan fingerprint density at radius 1 is 1.30 bits per heavy atom. The van der Waals surface area contributed by atoms with Crippen molar-refractivity contribution in [3.8, 4) is 17.9 Å². The van der Waals surface area contributed by atoms with E-state index in [-0.39, 0.29) is 30.6 Å². The van der Waals surface area contributed by atoms with E-state index in [1.165, 1.54) is 30.6 Å². The maximum absolute atomic E-state index is 12.4. The van der Waals surface area contributed by atoms with E-state index in [0.29, 0.717) is 5.92 Å². The molecule has 0 aromatic heterocycles. The van der Waals surface area contributed by atoms with Crippen molar-refractivity contribution in [1.82, 2.24) is 10.2 Å². The lowest BCUT2D eigenvalue weighted by atomic mass is 9.76. The van der Waals surface area contributed by atoms with Gasteiger partial charge in [0, 0.05) is 23.4 Å². The Kier molecular flexibility index (Phi) is 6.04. The third-order valence-electron chi connectivity index (χ3n) is 5.45. The van der Waals surface area contributed by atoms with Crippen molar-refractivity contribution < 1.29 is 9.90 Å². The third-order valence-corrected chi connectivity index (χ3v) is 5.45. The molecule has 27 heavy (non-hydrogen) atoms. The van der Waals surface area contributed by atoms with Crippen LogP contribution >= 0.6 is 0 Å². The number of carbonyl (C=O) groups is 1. The summed E-state index contributed by atoms with van der Waals surface area (Å²) >= 11 is 0. The van der Waals surface area contributed by atoms with Crippen molar-refractivity contribution in [3.05, 3.63) is 35.4 Å². The van der Waals surface area contributed by atoms with Crippen LogP contribution in [0.1, 0.15) is 56.6 Å². The zero-order chi connectivity index (χ0) is 19.4. The predicted octanol–water partition coefficient (Wildman–Crippen LogP) is 3.00. The van der Waals surface area contributed by atoms with Gasteiger partial charge in [0.1, 0.15) is 6.04 Å². The second kappa shape index (κ2) is 8.46. The number of amides is 2. The first-order chi connectivity index (χ1) is 13.0. The molecule has 1 heterocycles. The minimum Gasteiger partial charge on any atom is -0.394 e. The number of likely N-dealkylation sites (tertiary alicyclic amines) is 1. The van der Waals surface area contributed by atoms with Crippen LogP contribution in [0.5, 0.6) is 0 Å². The summed E-state index contributed by atoms with van der Waals surface area (Å²) in [7, 11) is 0. The number of nitriles is 1. The first-order valence-electron chi connectivity index (χ1n) is 9.76. The summed E-state index contributed by atoms with van der Waals surface area (Å²) < 4.78 is 0. The van der Waals surface area contributed by atoms with E-state index in [1.54, 1.807) is 0 Å². The van der Waals surface area contributed by atoms with Crippen molar-refractivity contribution >= 4 is 6.03 Å². The number of benzene rings is 1. The highest BCUT2D eigenvalue weighted by atomic mass is 16.3. The molecule has 0 radical (unpaired) electrons. The molecule has 0 unspecified atom stereocenters. The quantitative estimate of drug-likeness (QED) is 0.809. The van der Waals surface area contributed by atoms with Crippen LogP contribution in [0.2, 0.25) is 0 Å². The van der Waals surface area contributed by atoms with Gasteiger partial charge in [0.05, 0.1) is 18.7 Å². The lowest BCUT2D eigenvalue weighted by molar-refractivity contribution is 0.0162. The maximum Gasteiger partial charge on any atom is 0.319 e. The molecule has 3 atom stereocenters. The first-order valence-corrected chi connectivity index (χ1v) is 9.76. The topological polar surface area (TPSA) is 76.4 Å². The molecule has 1 aliphatic carbocycles. The summed E-state index contributed by atoms with van der Waals surface area (Å²) in [6.45, 7) is 3.57. The number of carbonyl (C=O) groups excluding carboxylic acids is 1. The first kappa shape index (κ1) is 19.3. The molecule has 2 fully saturated rings. The highest BCUT2D eigenvalue weighted by molar-refractivity contribution is 5.77. The van der Waals surface area contributed by atoms with Gasteiger partial charge in [0.15, 0.2) is 0 Å². The van der Waals surface area contributed by atoms with Crippen molar-refractivity contribution in [3.63, 3.8) is 0 Å². The highest BCUT2D eigenvalue weighted by Crippen LogP contribution is 2.40.